The average molecular weight is 315 g/mol. The molecule has 1 N–H and O–H groups in total. The van der Waals surface area contributed by atoms with Gasteiger partial charge in [-0.1, -0.05) is 13.0 Å². The maximum Gasteiger partial charge on any atom is 0.274 e. The third-order valence-corrected chi connectivity index (χ3v) is 3.26. The Kier molecular flexibility index (Phi) is 4.65. The van der Waals surface area contributed by atoms with E-state index in [4.69, 9.17) is 0 Å². The topological polar surface area (TPSA) is 115 Å². The molecule has 0 aliphatic heterocycles. The predicted molar refractivity (Wildman–Crippen MR) is 83.5 cm³/mol. The quantitative estimate of drug-likeness (QED) is 0.671. The lowest BCUT2D eigenvalue weighted by atomic mass is 10.1. The number of benzene rings is 2. The maximum atomic E-state index is 12.1. The van der Waals surface area contributed by atoms with Crippen molar-refractivity contribution in [3.8, 4) is 0 Å². The van der Waals surface area contributed by atoms with Crippen molar-refractivity contribution in [3.63, 3.8) is 0 Å². The number of nitrogens with one attached hydrogen (secondary N) is 1. The highest BCUT2D eigenvalue weighted by Gasteiger charge is 2.15. The van der Waals surface area contributed by atoms with Crippen LogP contribution in [0.25, 0.3) is 0 Å². The summed E-state index contributed by atoms with van der Waals surface area (Å²) in [6.45, 7) is 1.80. The Morgan fingerprint density at radius 2 is 1.70 bits per heavy atom. The maximum absolute atomic E-state index is 12.1. The van der Waals surface area contributed by atoms with Gasteiger partial charge in [0.25, 0.3) is 17.3 Å². The first-order valence-corrected chi connectivity index (χ1v) is 6.75. The van der Waals surface area contributed by atoms with E-state index in [0.717, 1.165) is 0 Å². The summed E-state index contributed by atoms with van der Waals surface area (Å²) in [5.74, 6) is -0.501. The number of nitro groups is 2. The van der Waals surface area contributed by atoms with Gasteiger partial charge in [0, 0.05) is 35.0 Å². The zero-order chi connectivity index (χ0) is 17.0. The molecule has 0 fully saturated rings. The van der Waals surface area contributed by atoms with E-state index in [9.17, 15) is 25.0 Å². The number of aryl methyl sites for hydroxylation is 1. The van der Waals surface area contributed by atoms with Crippen LogP contribution in [0, 0.1) is 20.2 Å². The van der Waals surface area contributed by atoms with E-state index >= 15 is 0 Å². The Morgan fingerprint density at radius 1 is 1.04 bits per heavy atom. The molecule has 2 rings (SSSR count). The van der Waals surface area contributed by atoms with Crippen molar-refractivity contribution in [1.82, 2.24) is 0 Å². The average Bonchev–Trinajstić information content (AvgIpc) is 2.54. The summed E-state index contributed by atoms with van der Waals surface area (Å²) in [6.07, 6.45) is 0.507. The Balaban J connectivity index is 2.21. The van der Waals surface area contributed by atoms with E-state index < -0.39 is 15.8 Å². The highest BCUT2D eigenvalue weighted by Crippen LogP contribution is 2.24. The minimum absolute atomic E-state index is 0.0611. The number of carbonyl (C=O) groups excluding carboxylic acids is 1. The number of non-ortho nitro benzene ring substituents is 1. The molecule has 8 heteroatoms. The SMILES string of the molecule is CCc1ccc(NC(=O)c2ccc([N+](=O)[O-])cc2)cc1[N+](=O)[O-]. The van der Waals surface area contributed by atoms with Gasteiger partial charge >= 0.3 is 0 Å². The van der Waals surface area contributed by atoms with E-state index in [1.807, 2.05) is 0 Å². The van der Waals surface area contributed by atoms with E-state index in [1.54, 1.807) is 19.1 Å². The van der Waals surface area contributed by atoms with Crippen LogP contribution in [0.4, 0.5) is 17.1 Å². The summed E-state index contributed by atoms with van der Waals surface area (Å²) >= 11 is 0. The molecule has 0 heterocycles. The number of hydrogen-bond acceptors (Lipinski definition) is 5. The highest BCUT2D eigenvalue weighted by molar-refractivity contribution is 6.04. The van der Waals surface area contributed by atoms with Crippen LogP contribution in [0.1, 0.15) is 22.8 Å². The second kappa shape index (κ2) is 6.65. The summed E-state index contributed by atoms with van der Waals surface area (Å²) in [5, 5.41) is 24.1. The molecule has 118 valence electrons. The standard InChI is InChI=1S/C15H13N3O5/c1-2-10-3-6-12(9-14(10)18(22)23)16-15(19)11-4-7-13(8-5-11)17(20)21/h3-9H,2H2,1H3,(H,16,19). The van der Waals surface area contributed by atoms with Crippen LogP contribution >= 0.6 is 0 Å². The van der Waals surface area contributed by atoms with Gasteiger partial charge in [0.15, 0.2) is 0 Å². The lowest BCUT2D eigenvalue weighted by molar-refractivity contribution is -0.385. The predicted octanol–water partition coefficient (Wildman–Crippen LogP) is 3.32. The number of carbonyl (C=O) groups is 1. The number of nitrogens with zero attached hydrogens (tertiary/aromatic N) is 2. The molecular weight excluding hydrogens is 302 g/mol. The molecule has 0 atom stereocenters. The van der Waals surface area contributed by atoms with Gasteiger partial charge in [0.05, 0.1) is 9.85 Å². The van der Waals surface area contributed by atoms with E-state index in [-0.39, 0.29) is 22.6 Å². The summed E-state index contributed by atoms with van der Waals surface area (Å²) in [5.41, 5.74) is 0.900. The molecule has 0 spiro atoms. The second-order valence-corrected chi connectivity index (χ2v) is 4.71. The Bertz CT molecular complexity index is 771. The Hall–Kier alpha value is -3.29. The van der Waals surface area contributed by atoms with Gasteiger partial charge < -0.3 is 5.32 Å². The van der Waals surface area contributed by atoms with Crippen molar-refractivity contribution < 1.29 is 14.6 Å². The second-order valence-electron chi connectivity index (χ2n) is 4.71. The monoisotopic (exact) mass is 315 g/mol. The normalized spacial score (nSPS) is 10.1. The molecule has 0 bridgehead atoms. The lowest BCUT2D eigenvalue weighted by Crippen LogP contribution is -2.12. The molecule has 0 radical (unpaired) electrons. The molecule has 0 saturated heterocycles. The number of rotatable bonds is 5. The largest absolute Gasteiger partial charge is 0.322 e. The molecule has 1 amide bonds. The van der Waals surface area contributed by atoms with Gasteiger partial charge in [-0.05, 0) is 24.6 Å². The number of anilines is 1. The van der Waals surface area contributed by atoms with Crippen LogP contribution in [-0.4, -0.2) is 15.8 Å². The molecule has 2 aromatic carbocycles. The minimum atomic E-state index is -0.561. The molecular formula is C15H13N3O5. The first kappa shape index (κ1) is 16.1. The third kappa shape index (κ3) is 3.67. The molecule has 23 heavy (non-hydrogen) atoms. The van der Waals surface area contributed by atoms with Crippen LogP contribution in [0.2, 0.25) is 0 Å². The lowest BCUT2D eigenvalue weighted by Gasteiger charge is -2.07. The number of amides is 1. The molecule has 2 aromatic rings. The van der Waals surface area contributed by atoms with Crippen molar-refractivity contribution in [2.45, 2.75) is 13.3 Å². The smallest absolute Gasteiger partial charge is 0.274 e. The van der Waals surface area contributed by atoms with Gasteiger partial charge in [-0.2, -0.15) is 0 Å². The van der Waals surface area contributed by atoms with Crippen molar-refractivity contribution in [3.05, 3.63) is 73.8 Å². The van der Waals surface area contributed by atoms with Gasteiger partial charge in [0.2, 0.25) is 0 Å². The Labute approximate surface area is 131 Å². The van der Waals surface area contributed by atoms with E-state index in [2.05, 4.69) is 5.32 Å². The fourth-order valence-electron chi connectivity index (χ4n) is 2.05. The van der Waals surface area contributed by atoms with Crippen molar-refractivity contribution in [2.24, 2.45) is 0 Å². The number of nitro benzene ring substituents is 2. The third-order valence-electron chi connectivity index (χ3n) is 3.26. The zero-order valence-electron chi connectivity index (χ0n) is 12.2. The first-order chi connectivity index (χ1) is 10.9. The molecule has 0 unspecified atom stereocenters. The van der Waals surface area contributed by atoms with Gasteiger partial charge in [-0.15, -0.1) is 0 Å². The van der Waals surface area contributed by atoms with Crippen molar-refractivity contribution in [1.29, 1.82) is 0 Å². The fourth-order valence-corrected chi connectivity index (χ4v) is 2.05. The minimum Gasteiger partial charge on any atom is -0.322 e. The highest BCUT2D eigenvalue weighted by atomic mass is 16.6. The van der Waals surface area contributed by atoms with Crippen LogP contribution in [0.3, 0.4) is 0 Å². The molecule has 0 aromatic heterocycles. The van der Waals surface area contributed by atoms with Crippen LogP contribution in [0.5, 0.6) is 0 Å². The Morgan fingerprint density at radius 3 is 2.22 bits per heavy atom. The van der Waals surface area contributed by atoms with E-state index in [0.29, 0.717) is 12.0 Å². The van der Waals surface area contributed by atoms with Gasteiger partial charge in [-0.3, -0.25) is 25.0 Å². The fraction of sp³-hybridized carbons (Fsp3) is 0.133. The first-order valence-electron chi connectivity index (χ1n) is 6.75. The molecule has 0 aliphatic rings. The molecule has 8 nitrogen and oxygen atoms in total. The van der Waals surface area contributed by atoms with Gasteiger partial charge in [0.1, 0.15) is 0 Å². The summed E-state index contributed by atoms with van der Waals surface area (Å²) in [6, 6.07) is 9.54. The summed E-state index contributed by atoms with van der Waals surface area (Å²) in [7, 11) is 0. The zero-order valence-corrected chi connectivity index (χ0v) is 12.2. The molecule has 0 saturated carbocycles. The van der Waals surface area contributed by atoms with E-state index in [1.165, 1.54) is 30.3 Å². The number of hydrogen-bond donors (Lipinski definition) is 1. The van der Waals surface area contributed by atoms with Crippen LogP contribution in [0.15, 0.2) is 42.5 Å². The molecule has 0 aliphatic carbocycles. The summed E-state index contributed by atoms with van der Waals surface area (Å²) in [4.78, 5) is 32.6. The van der Waals surface area contributed by atoms with Crippen LogP contribution < -0.4 is 5.32 Å². The van der Waals surface area contributed by atoms with Crippen LogP contribution in [-0.2, 0) is 6.42 Å². The van der Waals surface area contributed by atoms with Crippen molar-refractivity contribution in [2.75, 3.05) is 5.32 Å². The summed E-state index contributed by atoms with van der Waals surface area (Å²) < 4.78 is 0. The van der Waals surface area contributed by atoms with Crippen molar-refractivity contribution >= 4 is 23.0 Å². The van der Waals surface area contributed by atoms with Gasteiger partial charge in [-0.25, -0.2) is 0 Å².